The van der Waals surface area contributed by atoms with Crippen molar-refractivity contribution in [2.45, 2.75) is 229 Å². The van der Waals surface area contributed by atoms with E-state index in [4.69, 9.17) is 22.8 Å². The standard InChI is InChI=1S/C39H68O5P2/c1-39(2)33-25-15-27-35(45(41-29-17-7-3-8-18-29)42-30-19-9-4-10-20-30)37(33)40-38-34(39)26-16-28-36(38)46(43-31-21-11-5-12-22-31)44-32-23-13-6-14-24-32/h29-38H,3-28H2,1-2H3. The van der Waals surface area contributed by atoms with Crippen LogP contribution in [0.15, 0.2) is 0 Å². The van der Waals surface area contributed by atoms with Crippen LogP contribution in [-0.2, 0) is 22.8 Å². The molecule has 1 saturated heterocycles. The molecule has 7 fully saturated rings. The van der Waals surface area contributed by atoms with E-state index in [-0.39, 0.29) is 17.6 Å². The van der Waals surface area contributed by atoms with Gasteiger partial charge in [0.15, 0.2) is 16.8 Å². The van der Waals surface area contributed by atoms with Gasteiger partial charge >= 0.3 is 0 Å². The summed E-state index contributed by atoms with van der Waals surface area (Å²) in [6, 6.07) is 0. The molecular formula is C39H68O5P2. The average molecular weight is 679 g/mol. The minimum atomic E-state index is -0.974. The van der Waals surface area contributed by atoms with Gasteiger partial charge in [-0.3, -0.25) is 0 Å². The van der Waals surface area contributed by atoms with E-state index in [1.165, 1.54) is 167 Å². The summed E-state index contributed by atoms with van der Waals surface area (Å²) in [7, 11) is -1.95. The van der Waals surface area contributed by atoms with Crippen molar-refractivity contribution in [1.29, 1.82) is 0 Å². The Kier molecular flexibility index (Phi) is 12.8. The van der Waals surface area contributed by atoms with Crippen LogP contribution >= 0.6 is 16.8 Å². The fourth-order valence-electron chi connectivity index (χ4n) is 10.8. The van der Waals surface area contributed by atoms with Gasteiger partial charge in [0, 0.05) is 0 Å². The summed E-state index contributed by atoms with van der Waals surface area (Å²) in [4.78, 5) is 0. The minimum absolute atomic E-state index is 0.241. The predicted octanol–water partition coefficient (Wildman–Crippen LogP) is 12.1. The zero-order chi connectivity index (χ0) is 31.3. The third-order valence-corrected chi connectivity index (χ3v) is 17.8. The quantitative estimate of drug-likeness (QED) is 0.215. The molecule has 7 heteroatoms. The van der Waals surface area contributed by atoms with Crippen molar-refractivity contribution in [2.24, 2.45) is 17.3 Å². The summed E-state index contributed by atoms with van der Waals surface area (Å²) in [5.41, 5.74) is 1.04. The Hall–Kier alpha value is 0.660. The van der Waals surface area contributed by atoms with Gasteiger partial charge in [-0.05, 0) is 94.3 Å². The Morgan fingerprint density at radius 2 is 0.696 bits per heavy atom. The van der Waals surface area contributed by atoms with Gasteiger partial charge < -0.3 is 22.8 Å². The maximum atomic E-state index is 7.69. The normalized spacial score (nSPS) is 37.3. The van der Waals surface area contributed by atoms with Crippen LogP contribution in [0.25, 0.3) is 0 Å². The summed E-state index contributed by atoms with van der Waals surface area (Å²) < 4.78 is 36.4. The van der Waals surface area contributed by atoms with Gasteiger partial charge in [0.05, 0.1) is 47.9 Å². The predicted molar refractivity (Wildman–Crippen MR) is 190 cm³/mol. The van der Waals surface area contributed by atoms with Crippen molar-refractivity contribution in [1.82, 2.24) is 0 Å². The van der Waals surface area contributed by atoms with Crippen molar-refractivity contribution in [3.05, 3.63) is 0 Å². The van der Waals surface area contributed by atoms with Gasteiger partial charge in [-0.2, -0.15) is 0 Å². The Bertz CT molecular complexity index is 800. The molecule has 0 spiro atoms. The number of hydrogen-bond acceptors (Lipinski definition) is 5. The lowest BCUT2D eigenvalue weighted by molar-refractivity contribution is -0.199. The van der Waals surface area contributed by atoms with Crippen molar-refractivity contribution in [3.63, 3.8) is 0 Å². The molecule has 0 aromatic carbocycles. The number of ether oxygens (including phenoxy) is 1. The SMILES string of the molecule is CC1(C)C2CCCC(P(OC3CCCCC3)OC3CCCCC3)C2OC2C(P(OC3CCCCC3)OC3CCCCC3)CCCC21. The molecule has 6 aliphatic carbocycles. The zero-order valence-corrected chi connectivity index (χ0v) is 31.4. The fourth-order valence-corrected chi connectivity index (χ4v) is 15.4. The van der Waals surface area contributed by atoms with E-state index in [1.54, 1.807) is 0 Å². The van der Waals surface area contributed by atoms with Crippen LogP contribution in [0.3, 0.4) is 0 Å². The van der Waals surface area contributed by atoms with E-state index in [9.17, 15) is 0 Å². The monoisotopic (exact) mass is 678 g/mol. The Labute approximate surface area is 284 Å². The highest BCUT2D eigenvalue weighted by Gasteiger charge is 2.59. The molecule has 6 atom stereocenters. The third kappa shape index (κ3) is 8.40. The van der Waals surface area contributed by atoms with Gasteiger partial charge in [0.25, 0.3) is 0 Å². The lowest BCUT2D eigenvalue weighted by atomic mass is 9.57. The number of fused-ring (bicyclic) bond motifs is 2. The highest BCUT2D eigenvalue weighted by atomic mass is 31.2. The topological polar surface area (TPSA) is 46.2 Å². The van der Waals surface area contributed by atoms with Gasteiger partial charge in [-0.15, -0.1) is 0 Å². The van der Waals surface area contributed by atoms with Crippen LogP contribution in [0.2, 0.25) is 0 Å². The van der Waals surface area contributed by atoms with Crippen molar-refractivity contribution in [2.75, 3.05) is 0 Å². The Morgan fingerprint density at radius 1 is 0.391 bits per heavy atom. The van der Waals surface area contributed by atoms with E-state index < -0.39 is 16.8 Å². The Morgan fingerprint density at radius 3 is 1.00 bits per heavy atom. The molecule has 0 bridgehead atoms. The molecular weight excluding hydrogens is 610 g/mol. The molecule has 1 heterocycles. The van der Waals surface area contributed by atoms with Crippen LogP contribution < -0.4 is 0 Å². The van der Waals surface area contributed by atoms with Gasteiger partial charge in [0.2, 0.25) is 0 Å². The fraction of sp³-hybridized carbons (Fsp3) is 1.00. The smallest absolute Gasteiger partial charge is 0.177 e. The zero-order valence-electron chi connectivity index (χ0n) is 29.6. The maximum absolute atomic E-state index is 7.69. The number of hydrogen-bond donors (Lipinski definition) is 0. The first kappa shape index (κ1) is 35.1. The summed E-state index contributed by atoms with van der Waals surface area (Å²) in [5, 5.41) is 0. The molecule has 0 radical (unpaired) electrons. The van der Waals surface area contributed by atoms with E-state index >= 15 is 0 Å². The molecule has 0 aromatic heterocycles. The molecule has 1 aliphatic heterocycles. The molecule has 0 amide bonds. The van der Waals surface area contributed by atoms with Gasteiger partial charge in [-0.25, -0.2) is 0 Å². The van der Waals surface area contributed by atoms with Crippen LogP contribution in [0.1, 0.15) is 181 Å². The summed E-state index contributed by atoms with van der Waals surface area (Å²) in [5.74, 6) is 1.18. The third-order valence-electron chi connectivity index (χ3n) is 13.6. The van der Waals surface area contributed by atoms with Crippen LogP contribution in [0.5, 0.6) is 0 Å². The molecule has 6 unspecified atom stereocenters. The second-order valence-electron chi connectivity index (χ2n) is 17.1. The lowest BCUT2D eigenvalue weighted by Crippen LogP contribution is -2.61. The van der Waals surface area contributed by atoms with Crippen molar-refractivity contribution >= 4 is 16.8 Å². The molecule has 0 N–H and O–H groups in total. The largest absolute Gasteiger partial charge is 0.373 e. The minimum Gasteiger partial charge on any atom is -0.373 e. The molecule has 264 valence electrons. The van der Waals surface area contributed by atoms with Crippen molar-refractivity contribution < 1.29 is 22.8 Å². The second kappa shape index (κ2) is 16.8. The maximum Gasteiger partial charge on any atom is 0.177 e. The molecule has 7 aliphatic rings. The highest BCUT2D eigenvalue weighted by Crippen LogP contribution is 2.65. The van der Waals surface area contributed by atoms with Crippen LogP contribution in [0.4, 0.5) is 0 Å². The van der Waals surface area contributed by atoms with E-state index in [2.05, 4.69) is 13.8 Å². The summed E-state index contributed by atoms with van der Waals surface area (Å²) in [6.07, 6.45) is 35.3. The Balaban J connectivity index is 1.14. The van der Waals surface area contributed by atoms with Crippen LogP contribution in [-0.4, -0.2) is 47.9 Å². The molecule has 6 saturated carbocycles. The van der Waals surface area contributed by atoms with E-state index in [1.807, 2.05) is 0 Å². The first-order valence-corrected chi connectivity index (χ1v) is 23.0. The average Bonchev–Trinajstić information content (AvgIpc) is 3.09. The van der Waals surface area contributed by atoms with E-state index in [0.717, 1.165) is 0 Å². The second-order valence-corrected chi connectivity index (χ2v) is 20.4. The highest BCUT2D eigenvalue weighted by molar-refractivity contribution is 7.48. The summed E-state index contributed by atoms with van der Waals surface area (Å²) >= 11 is 0. The molecule has 7 rings (SSSR count). The van der Waals surface area contributed by atoms with E-state index in [0.29, 0.717) is 47.6 Å². The molecule has 0 aromatic rings. The first-order chi connectivity index (χ1) is 22.6. The summed E-state index contributed by atoms with van der Waals surface area (Å²) in [6.45, 7) is 5.24. The van der Waals surface area contributed by atoms with Gasteiger partial charge in [0.1, 0.15) is 0 Å². The van der Waals surface area contributed by atoms with Gasteiger partial charge in [-0.1, -0.05) is 104 Å². The molecule has 46 heavy (non-hydrogen) atoms. The van der Waals surface area contributed by atoms with Crippen LogP contribution in [0, 0.1) is 17.3 Å². The first-order valence-electron chi connectivity index (χ1n) is 20.5. The molecule has 5 nitrogen and oxygen atoms in total. The van der Waals surface area contributed by atoms with Crippen molar-refractivity contribution in [3.8, 4) is 0 Å². The number of rotatable bonds is 10. The lowest BCUT2D eigenvalue weighted by Gasteiger charge is -2.60.